The van der Waals surface area contributed by atoms with E-state index in [0.29, 0.717) is 13.2 Å². The average molecular weight is 224 g/mol. The number of aliphatic hydroxyl groups is 1. The second kappa shape index (κ2) is 4.56. The maximum absolute atomic E-state index is 9.28. The molecule has 0 unspecified atom stereocenters. The van der Waals surface area contributed by atoms with E-state index in [9.17, 15) is 5.11 Å². The van der Waals surface area contributed by atoms with Gasteiger partial charge >= 0.3 is 0 Å². The molecule has 2 nitrogen and oxygen atoms in total. The van der Waals surface area contributed by atoms with E-state index in [2.05, 4.69) is 31.2 Å². The van der Waals surface area contributed by atoms with Gasteiger partial charge in [-0.3, -0.25) is 0 Å². The average Bonchev–Trinajstić information content (AvgIpc) is 2.17. The molecule has 2 rings (SSSR count). The van der Waals surface area contributed by atoms with Crippen LogP contribution in [0.4, 0.5) is 0 Å². The lowest BCUT2D eigenvalue weighted by molar-refractivity contribution is -0.121. The van der Waals surface area contributed by atoms with Crippen molar-refractivity contribution in [1.29, 1.82) is 0 Å². The highest BCUT2D eigenvalue weighted by molar-refractivity contribution is 7.99. The van der Waals surface area contributed by atoms with Crippen LogP contribution in [0.25, 0.3) is 0 Å². The fourth-order valence-corrected chi connectivity index (χ4v) is 2.73. The van der Waals surface area contributed by atoms with Crippen LogP contribution in [0.2, 0.25) is 0 Å². The molecule has 3 heteroatoms. The van der Waals surface area contributed by atoms with E-state index in [1.807, 2.05) is 0 Å². The molecule has 0 saturated carbocycles. The zero-order chi connectivity index (χ0) is 10.7. The number of thioether (sulfide) groups is 1. The molecule has 1 aliphatic heterocycles. The summed E-state index contributed by atoms with van der Waals surface area (Å²) in [5, 5.41) is 9.28. The van der Waals surface area contributed by atoms with Gasteiger partial charge in [-0.05, 0) is 19.1 Å². The van der Waals surface area contributed by atoms with E-state index in [0.717, 1.165) is 5.75 Å². The van der Waals surface area contributed by atoms with E-state index in [1.54, 1.807) is 11.8 Å². The molecule has 0 atom stereocenters. The number of hydrogen-bond donors (Lipinski definition) is 1. The van der Waals surface area contributed by atoms with Gasteiger partial charge in [0, 0.05) is 16.1 Å². The van der Waals surface area contributed by atoms with E-state index < -0.39 is 0 Å². The minimum atomic E-state index is 0.00835. The Balaban J connectivity index is 1.92. The van der Waals surface area contributed by atoms with Gasteiger partial charge in [0.05, 0.1) is 19.8 Å². The molecule has 0 aliphatic carbocycles. The van der Waals surface area contributed by atoms with Crippen LogP contribution in [0.15, 0.2) is 29.2 Å². The number of benzene rings is 1. The lowest BCUT2D eigenvalue weighted by Crippen LogP contribution is -2.47. The number of ether oxygens (including phenoxy) is 1. The van der Waals surface area contributed by atoms with Gasteiger partial charge in [-0.25, -0.2) is 0 Å². The van der Waals surface area contributed by atoms with Crippen LogP contribution in [0, 0.1) is 12.3 Å². The van der Waals surface area contributed by atoms with Crippen molar-refractivity contribution < 1.29 is 9.84 Å². The van der Waals surface area contributed by atoms with Crippen LogP contribution in [0.5, 0.6) is 0 Å². The molecule has 1 fully saturated rings. The first kappa shape index (κ1) is 11.0. The molecular weight excluding hydrogens is 208 g/mol. The van der Waals surface area contributed by atoms with Gasteiger partial charge in [0.1, 0.15) is 0 Å². The Morgan fingerprint density at radius 3 is 2.80 bits per heavy atom. The highest BCUT2D eigenvalue weighted by Crippen LogP contribution is 2.34. The van der Waals surface area contributed by atoms with Crippen LogP contribution < -0.4 is 0 Å². The second-order valence-electron chi connectivity index (χ2n) is 4.26. The first-order valence-corrected chi connectivity index (χ1v) is 6.11. The number of aryl methyl sites for hydroxylation is 1. The lowest BCUT2D eigenvalue weighted by atomic mass is 9.90. The molecule has 15 heavy (non-hydrogen) atoms. The summed E-state index contributed by atoms with van der Waals surface area (Å²) in [5.41, 5.74) is 1.29. The zero-order valence-corrected chi connectivity index (χ0v) is 9.72. The van der Waals surface area contributed by atoms with Crippen molar-refractivity contribution in [1.82, 2.24) is 0 Å². The summed E-state index contributed by atoms with van der Waals surface area (Å²) in [6.45, 7) is 3.72. The van der Waals surface area contributed by atoms with Gasteiger partial charge in [0.25, 0.3) is 0 Å². The fourth-order valence-electron chi connectivity index (χ4n) is 1.55. The highest BCUT2D eigenvalue weighted by atomic mass is 32.2. The van der Waals surface area contributed by atoms with E-state index in [4.69, 9.17) is 4.74 Å². The number of rotatable bonds is 4. The smallest absolute Gasteiger partial charge is 0.0575 e. The van der Waals surface area contributed by atoms with E-state index >= 15 is 0 Å². The normalized spacial score (nSPS) is 18.5. The molecule has 1 aromatic carbocycles. The molecule has 1 heterocycles. The molecule has 0 radical (unpaired) electrons. The quantitative estimate of drug-likeness (QED) is 0.794. The maximum Gasteiger partial charge on any atom is 0.0575 e. The van der Waals surface area contributed by atoms with Gasteiger partial charge in [0.2, 0.25) is 0 Å². The van der Waals surface area contributed by atoms with Gasteiger partial charge in [-0.1, -0.05) is 17.7 Å². The van der Waals surface area contributed by atoms with Gasteiger partial charge in [-0.15, -0.1) is 11.8 Å². The predicted molar refractivity (Wildman–Crippen MR) is 62.2 cm³/mol. The molecule has 82 valence electrons. The summed E-state index contributed by atoms with van der Waals surface area (Å²) in [7, 11) is 0. The third-order valence-electron chi connectivity index (χ3n) is 2.69. The molecule has 0 aromatic heterocycles. The van der Waals surface area contributed by atoms with Crippen LogP contribution in [0.1, 0.15) is 5.56 Å². The molecule has 0 bridgehead atoms. The summed E-state index contributed by atoms with van der Waals surface area (Å²) in [6, 6.07) is 8.45. The Kier molecular flexibility index (Phi) is 3.34. The number of aliphatic hydroxyl groups excluding tert-OH is 1. The van der Waals surface area contributed by atoms with Crippen molar-refractivity contribution in [2.45, 2.75) is 11.8 Å². The summed E-state index contributed by atoms with van der Waals surface area (Å²) in [6.07, 6.45) is 0. The summed E-state index contributed by atoms with van der Waals surface area (Å²) >= 11 is 1.80. The van der Waals surface area contributed by atoms with E-state index in [-0.39, 0.29) is 12.0 Å². The van der Waals surface area contributed by atoms with Crippen LogP contribution in [0.3, 0.4) is 0 Å². The minimum absolute atomic E-state index is 0.00835. The van der Waals surface area contributed by atoms with Gasteiger partial charge in [0.15, 0.2) is 0 Å². The van der Waals surface area contributed by atoms with Crippen molar-refractivity contribution in [3.63, 3.8) is 0 Å². The molecule has 0 spiro atoms. The van der Waals surface area contributed by atoms with E-state index in [1.165, 1.54) is 10.5 Å². The Morgan fingerprint density at radius 2 is 2.27 bits per heavy atom. The third-order valence-corrected chi connectivity index (χ3v) is 4.03. The molecule has 1 saturated heterocycles. The Labute approximate surface area is 94.6 Å². The fraction of sp³-hybridized carbons (Fsp3) is 0.500. The molecular formula is C12H16O2S. The Hall–Kier alpha value is -0.510. The Bertz CT molecular complexity index is 329. The molecule has 1 N–H and O–H groups in total. The molecule has 1 aliphatic rings. The largest absolute Gasteiger partial charge is 0.396 e. The lowest BCUT2D eigenvalue weighted by Gasteiger charge is -2.39. The molecule has 1 aromatic rings. The van der Waals surface area contributed by atoms with Gasteiger partial charge in [-0.2, -0.15) is 0 Å². The minimum Gasteiger partial charge on any atom is -0.396 e. The highest BCUT2D eigenvalue weighted by Gasteiger charge is 2.37. The summed E-state index contributed by atoms with van der Waals surface area (Å²) in [5.74, 6) is 0.937. The third kappa shape index (κ3) is 2.54. The SMILES string of the molecule is Cc1cccc(SCC2(CO)COC2)c1. The van der Waals surface area contributed by atoms with Crippen molar-refractivity contribution in [2.24, 2.45) is 5.41 Å². The van der Waals surface area contributed by atoms with Crippen LogP contribution in [-0.2, 0) is 4.74 Å². The second-order valence-corrected chi connectivity index (χ2v) is 5.30. The monoisotopic (exact) mass is 224 g/mol. The van der Waals surface area contributed by atoms with Crippen molar-refractivity contribution in [3.05, 3.63) is 29.8 Å². The first-order valence-electron chi connectivity index (χ1n) is 5.12. The maximum atomic E-state index is 9.28. The van der Waals surface area contributed by atoms with Crippen LogP contribution >= 0.6 is 11.8 Å². The summed E-state index contributed by atoms with van der Waals surface area (Å²) in [4.78, 5) is 1.27. The topological polar surface area (TPSA) is 29.5 Å². The summed E-state index contributed by atoms with van der Waals surface area (Å²) < 4.78 is 5.17. The first-order chi connectivity index (χ1) is 7.24. The number of hydrogen-bond acceptors (Lipinski definition) is 3. The van der Waals surface area contributed by atoms with Gasteiger partial charge < -0.3 is 9.84 Å². The predicted octanol–water partition coefficient (Wildman–Crippen LogP) is 2.10. The standard InChI is InChI=1S/C12H16O2S/c1-10-3-2-4-11(5-10)15-9-12(6-13)7-14-8-12/h2-5,13H,6-9H2,1H3. The van der Waals surface area contributed by atoms with Crippen molar-refractivity contribution in [2.75, 3.05) is 25.6 Å². The Morgan fingerprint density at radius 1 is 1.47 bits per heavy atom. The molecule has 0 amide bonds. The van der Waals surface area contributed by atoms with Crippen molar-refractivity contribution >= 4 is 11.8 Å². The van der Waals surface area contributed by atoms with Crippen molar-refractivity contribution in [3.8, 4) is 0 Å². The zero-order valence-electron chi connectivity index (χ0n) is 8.90. The van der Waals surface area contributed by atoms with Crippen LogP contribution in [-0.4, -0.2) is 30.7 Å².